The molecular formula is C15H22ClN3O2. The fourth-order valence-electron chi connectivity index (χ4n) is 1.66. The fourth-order valence-corrected chi connectivity index (χ4v) is 1.89. The minimum atomic E-state index is -0.245. The third-order valence-electron chi connectivity index (χ3n) is 2.82. The van der Waals surface area contributed by atoms with Gasteiger partial charge in [0.05, 0.1) is 0 Å². The minimum absolute atomic E-state index is 0.0639. The highest BCUT2D eigenvalue weighted by Gasteiger charge is 2.09. The lowest BCUT2D eigenvalue weighted by atomic mass is 10.2. The minimum Gasteiger partial charge on any atom is -0.356 e. The zero-order valence-corrected chi connectivity index (χ0v) is 13.5. The van der Waals surface area contributed by atoms with E-state index in [4.69, 9.17) is 11.6 Å². The number of nitrogens with one attached hydrogen (secondary N) is 2. The van der Waals surface area contributed by atoms with E-state index in [0.29, 0.717) is 36.1 Å². The standard InChI is InChI=1S/C15H22ClN3O2/c1-4-12-7-11(8-13(16)19-12)15(21)17-6-5-14(20)18-9-10(2)3/h7-8,10H,4-6,9H2,1-3H3,(H,17,21)(H,18,20). The van der Waals surface area contributed by atoms with E-state index >= 15 is 0 Å². The lowest BCUT2D eigenvalue weighted by Crippen LogP contribution is -2.32. The van der Waals surface area contributed by atoms with E-state index in [1.54, 1.807) is 6.07 Å². The average molecular weight is 312 g/mol. The van der Waals surface area contributed by atoms with E-state index in [9.17, 15) is 9.59 Å². The Bertz CT molecular complexity index is 504. The average Bonchev–Trinajstić information content (AvgIpc) is 2.44. The van der Waals surface area contributed by atoms with Gasteiger partial charge in [-0.2, -0.15) is 0 Å². The second-order valence-electron chi connectivity index (χ2n) is 5.23. The van der Waals surface area contributed by atoms with Gasteiger partial charge in [0.25, 0.3) is 5.91 Å². The van der Waals surface area contributed by atoms with E-state index in [2.05, 4.69) is 15.6 Å². The summed E-state index contributed by atoms with van der Waals surface area (Å²) in [6.45, 7) is 6.94. The van der Waals surface area contributed by atoms with Crippen LogP contribution in [0.25, 0.3) is 0 Å². The summed E-state index contributed by atoms with van der Waals surface area (Å²) in [5, 5.41) is 5.81. The summed E-state index contributed by atoms with van der Waals surface area (Å²) in [5.41, 5.74) is 1.23. The fraction of sp³-hybridized carbons (Fsp3) is 0.533. The molecule has 0 aromatic carbocycles. The summed E-state index contributed by atoms with van der Waals surface area (Å²) in [4.78, 5) is 27.6. The van der Waals surface area contributed by atoms with E-state index in [1.807, 2.05) is 20.8 Å². The van der Waals surface area contributed by atoms with Crippen LogP contribution in [-0.4, -0.2) is 29.9 Å². The van der Waals surface area contributed by atoms with Gasteiger partial charge >= 0.3 is 0 Å². The molecule has 0 saturated carbocycles. The normalized spacial score (nSPS) is 10.5. The molecule has 1 rings (SSSR count). The molecule has 2 amide bonds. The van der Waals surface area contributed by atoms with Crippen LogP contribution >= 0.6 is 11.6 Å². The number of amides is 2. The summed E-state index contributed by atoms with van der Waals surface area (Å²) < 4.78 is 0. The number of carbonyl (C=O) groups excluding carboxylic acids is 2. The van der Waals surface area contributed by atoms with Crippen molar-refractivity contribution < 1.29 is 9.59 Å². The van der Waals surface area contributed by atoms with Crippen molar-refractivity contribution in [1.29, 1.82) is 0 Å². The number of nitrogens with zero attached hydrogens (tertiary/aromatic N) is 1. The third-order valence-corrected chi connectivity index (χ3v) is 3.01. The Morgan fingerprint density at radius 2 is 2.00 bits per heavy atom. The zero-order chi connectivity index (χ0) is 15.8. The molecule has 0 atom stereocenters. The molecule has 0 aliphatic heterocycles. The summed E-state index contributed by atoms with van der Waals surface area (Å²) in [6, 6.07) is 3.23. The van der Waals surface area contributed by atoms with Gasteiger partial charge in [-0.25, -0.2) is 4.98 Å². The van der Waals surface area contributed by atoms with Crippen molar-refractivity contribution in [2.75, 3.05) is 13.1 Å². The molecule has 6 heteroatoms. The van der Waals surface area contributed by atoms with Gasteiger partial charge in [-0.1, -0.05) is 32.4 Å². The molecule has 2 N–H and O–H groups in total. The molecule has 1 heterocycles. The predicted molar refractivity (Wildman–Crippen MR) is 83.4 cm³/mol. The van der Waals surface area contributed by atoms with Crippen LogP contribution in [0.5, 0.6) is 0 Å². The highest BCUT2D eigenvalue weighted by Crippen LogP contribution is 2.11. The van der Waals surface area contributed by atoms with Crippen LogP contribution in [0.3, 0.4) is 0 Å². The van der Waals surface area contributed by atoms with E-state index in [1.165, 1.54) is 6.07 Å². The summed E-state index contributed by atoms with van der Waals surface area (Å²) in [7, 11) is 0. The van der Waals surface area contributed by atoms with Crippen molar-refractivity contribution in [2.24, 2.45) is 5.92 Å². The first-order valence-electron chi connectivity index (χ1n) is 7.13. The van der Waals surface area contributed by atoms with Gasteiger partial charge in [0, 0.05) is 30.8 Å². The number of hydrogen-bond acceptors (Lipinski definition) is 3. The molecule has 1 aromatic rings. The van der Waals surface area contributed by atoms with Crippen LogP contribution in [0.1, 0.15) is 43.2 Å². The SMILES string of the molecule is CCc1cc(C(=O)NCCC(=O)NCC(C)C)cc(Cl)n1. The number of aryl methyl sites for hydroxylation is 1. The number of aromatic nitrogens is 1. The maximum absolute atomic E-state index is 12.0. The molecule has 0 spiro atoms. The third kappa shape index (κ3) is 6.58. The van der Waals surface area contributed by atoms with Crippen LogP contribution in [0, 0.1) is 5.92 Å². The molecule has 0 aliphatic rings. The quantitative estimate of drug-likeness (QED) is 0.758. The Morgan fingerprint density at radius 3 is 2.62 bits per heavy atom. The first kappa shape index (κ1) is 17.4. The Labute approximate surface area is 130 Å². The lowest BCUT2D eigenvalue weighted by Gasteiger charge is -2.09. The Morgan fingerprint density at radius 1 is 1.29 bits per heavy atom. The molecule has 5 nitrogen and oxygen atoms in total. The lowest BCUT2D eigenvalue weighted by molar-refractivity contribution is -0.121. The Hall–Kier alpha value is -1.62. The Balaban J connectivity index is 2.44. The number of carbonyl (C=O) groups is 2. The zero-order valence-electron chi connectivity index (χ0n) is 12.7. The van der Waals surface area contributed by atoms with Crippen LogP contribution in [0.15, 0.2) is 12.1 Å². The molecule has 0 aliphatic carbocycles. The second kappa shape index (κ2) is 8.62. The second-order valence-corrected chi connectivity index (χ2v) is 5.61. The Kier molecular flexibility index (Phi) is 7.15. The molecule has 0 saturated heterocycles. The van der Waals surface area contributed by atoms with E-state index < -0.39 is 0 Å². The van der Waals surface area contributed by atoms with Crippen molar-refractivity contribution in [3.63, 3.8) is 0 Å². The summed E-state index contributed by atoms with van der Waals surface area (Å²) >= 11 is 5.87. The molecule has 1 aromatic heterocycles. The van der Waals surface area contributed by atoms with Crippen LogP contribution in [0.4, 0.5) is 0 Å². The largest absolute Gasteiger partial charge is 0.356 e. The molecule has 0 unspecified atom stereocenters. The van der Waals surface area contributed by atoms with Crippen LogP contribution < -0.4 is 10.6 Å². The van der Waals surface area contributed by atoms with Crippen LogP contribution in [0.2, 0.25) is 5.15 Å². The summed E-state index contributed by atoms with van der Waals surface area (Å²) in [5.74, 6) is 0.103. The van der Waals surface area contributed by atoms with Crippen molar-refractivity contribution >= 4 is 23.4 Å². The molecule has 21 heavy (non-hydrogen) atoms. The molecular weight excluding hydrogens is 290 g/mol. The highest BCUT2D eigenvalue weighted by atomic mass is 35.5. The van der Waals surface area contributed by atoms with Gasteiger partial charge in [0.15, 0.2) is 0 Å². The predicted octanol–water partition coefficient (Wildman–Crippen LogP) is 2.19. The van der Waals surface area contributed by atoms with Crippen molar-refractivity contribution in [1.82, 2.24) is 15.6 Å². The number of rotatable bonds is 7. The highest BCUT2D eigenvalue weighted by molar-refractivity contribution is 6.29. The van der Waals surface area contributed by atoms with Gasteiger partial charge in [-0.05, 0) is 24.5 Å². The monoisotopic (exact) mass is 311 g/mol. The molecule has 0 bridgehead atoms. The van der Waals surface area contributed by atoms with Crippen molar-refractivity contribution in [3.05, 3.63) is 28.5 Å². The topological polar surface area (TPSA) is 71.1 Å². The van der Waals surface area contributed by atoms with Crippen LogP contribution in [-0.2, 0) is 11.2 Å². The van der Waals surface area contributed by atoms with Gasteiger partial charge in [-0.15, -0.1) is 0 Å². The van der Waals surface area contributed by atoms with E-state index in [-0.39, 0.29) is 18.2 Å². The summed E-state index contributed by atoms with van der Waals surface area (Å²) in [6.07, 6.45) is 0.969. The van der Waals surface area contributed by atoms with Gasteiger partial charge in [0.2, 0.25) is 5.91 Å². The van der Waals surface area contributed by atoms with Crippen molar-refractivity contribution in [3.8, 4) is 0 Å². The maximum atomic E-state index is 12.0. The molecule has 0 radical (unpaired) electrons. The smallest absolute Gasteiger partial charge is 0.251 e. The number of pyridine rings is 1. The maximum Gasteiger partial charge on any atom is 0.251 e. The first-order chi connectivity index (χ1) is 9.92. The number of hydrogen-bond donors (Lipinski definition) is 2. The molecule has 0 fully saturated rings. The van der Waals surface area contributed by atoms with Gasteiger partial charge in [0.1, 0.15) is 5.15 Å². The van der Waals surface area contributed by atoms with Gasteiger partial charge < -0.3 is 10.6 Å². The number of halogens is 1. The van der Waals surface area contributed by atoms with Crippen molar-refractivity contribution in [2.45, 2.75) is 33.6 Å². The first-order valence-corrected chi connectivity index (χ1v) is 7.51. The molecule has 116 valence electrons. The van der Waals surface area contributed by atoms with E-state index in [0.717, 1.165) is 5.69 Å². The van der Waals surface area contributed by atoms with Gasteiger partial charge in [-0.3, -0.25) is 9.59 Å².